The predicted octanol–water partition coefficient (Wildman–Crippen LogP) is 3.83. The average Bonchev–Trinajstić information content (AvgIpc) is 3.04. The monoisotopic (exact) mass is 432 g/mol. The topological polar surface area (TPSA) is 84.9 Å². The maximum atomic E-state index is 13.2. The summed E-state index contributed by atoms with van der Waals surface area (Å²) in [5.74, 6) is 0.648. The maximum Gasteiger partial charge on any atom is 0.255 e. The Morgan fingerprint density at radius 3 is 2.23 bits per heavy atom. The van der Waals surface area contributed by atoms with E-state index in [1.165, 1.54) is 20.3 Å². The Morgan fingerprint density at radius 2 is 1.60 bits per heavy atom. The van der Waals surface area contributed by atoms with Crippen molar-refractivity contribution in [2.75, 3.05) is 32.6 Å². The molecule has 7 nitrogen and oxygen atoms in total. The first kappa shape index (κ1) is 22.1. The minimum absolute atomic E-state index is 0.185. The highest BCUT2D eigenvalue weighted by atomic mass is 32.2. The van der Waals surface area contributed by atoms with Crippen LogP contribution in [-0.4, -0.2) is 45.9 Å². The fourth-order valence-corrected chi connectivity index (χ4v) is 5.33. The number of methoxy groups -OCH3 is 2. The Bertz CT molecular complexity index is 1010. The van der Waals surface area contributed by atoms with Crippen molar-refractivity contribution in [2.24, 2.45) is 0 Å². The summed E-state index contributed by atoms with van der Waals surface area (Å²) < 4.78 is 38.4. The molecule has 0 saturated carbocycles. The molecule has 2 aromatic carbocycles. The van der Waals surface area contributed by atoms with Gasteiger partial charge in [0.2, 0.25) is 10.0 Å². The van der Waals surface area contributed by atoms with Gasteiger partial charge in [0.25, 0.3) is 5.91 Å². The number of anilines is 1. The molecule has 0 aliphatic carbocycles. The summed E-state index contributed by atoms with van der Waals surface area (Å²) in [5, 5.41) is 2.79. The Morgan fingerprint density at radius 1 is 0.933 bits per heavy atom. The van der Waals surface area contributed by atoms with Crippen molar-refractivity contribution in [3.05, 3.63) is 47.5 Å². The highest BCUT2D eigenvalue weighted by Gasteiger charge is 2.27. The highest BCUT2D eigenvalue weighted by molar-refractivity contribution is 7.89. The SMILES string of the molecule is COc1ccc(NC(=O)c2ccc(C)c(S(=O)(=O)N3CCCCCC3)c2)cc1OC. The van der Waals surface area contributed by atoms with Gasteiger partial charge in [-0.1, -0.05) is 18.9 Å². The highest BCUT2D eigenvalue weighted by Crippen LogP contribution is 2.30. The second-order valence-electron chi connectivity index (χ2n) is 7.32. The number of hydrogen-bond acceptors (Lipinski definition) is 5. The molecular weight excluding hydrogens is 404 g/mol. The van der Waals surface area contributed by atoms with Crippen LogP contribution in [0.1, 0.15) is 41.6 Å². The molecule has 0 radical (unpaired) electrons. The molecule has 1 amide bonds. The summed E-state index contributed by atoms with van der Waals surface area (Å²) in [6.07, 6.45) is 3.80. The molecule has 1 N–H and O–H groups in total. The van der Waals surface area contributed by atoms with E-state index in [2.05, 4.69) is 5.32 Å². The summed E-state index contributed by atoms with van der Waals surface area (Å²) in [7, 11) is -0.594. The Hall–Kier alpha value is -2.58. The summed E-state index contributed by atoms with van der Waals surface area (Å²) in [4.78, 5) is 13.0. The number of amides is 1. The molecule has 2 aromatic rings. The first-order valence-corrected chi connectivity index (χ1v) is 11.4. The van der Waals surface area contributed by atoms with Crippen LogP contribution < -0.4 is 14.8 Å². The number of ether oxygens (including phenoxy) is 2. The number of hydrogen-bond donors (Lipinski definition) is 1. The van der Waals surface area contributed by atoms with E-state index in [0.29, 0.717) is 35.8 Å². The molecule has 1 fully saturated rings. The molecule has 0 spiro atoms. The second-order valence-corrected chi connectivity index (χ2v) is 9.23. The van der Waals surface area contributed by atoms with Gasteiger partial charge in [0.15, 0.2) is 11.5 Å². The van der Waals surface area contributed by atoms with Gasteiger partial charge in [-0.15, -0.1) is 0 Å². The molecule has 1 aliphatic rings. The van der Waals surface area contributed by atoms with E-state index in [9.17, 15) is 13.2 Å². The fraction of sp³-hybridized carbons (Fsp3) is 0.409. The van der Waals surface area contributed by atoms with Crippen LogP contribution in [-0.2, 0) is 10.0 Å². The lowest BCUT2D eigenvalue weighted by molar-refractivity contribution is 0.102. The number of benzene rings is 2. The molecule has 0 aromatic heterocycles. The lowest BCUT2D eigenvalue weighted by Crippen LogP contribution is -2.32. The van der Waals surface area contributed by atoms with E-state index in [0.717, 1.165) is 25.7 Å². The molecule has 162 valence electrons. The van der Waals surface area contributed by atoms with Crippen LogP contribution in [0.5, 0.6) is 11.5 Å². The molecule has 0 bridgehead atoms. The lowest BCUT2D eigenvalue weighted by atomic mass is 10.1. The summed E-state index contributed by atoms with van der Waals surface area (Å²) in [6, 6.07) is 9.81. The zero-order valence-electron chi connectivity index (χ0n) is 17.6. The third-order valence-electron chi connectivity index (χ3n) is 5.27. The zero-order chi connectivity index (χ0) is 21.7. The molecule has 1 aliphatic heterocycles. The molecule has 8 heteroatoms. The molecule has 0 unspecified atom stereocenters. The van der Waals surface area contributed by atoms with Gasteiger partial charge in [-0.25, -0.2) is 8.42 Å². The van der Waals surface area contributed by atoms with Crippen LogP contribution >= 0.6 is 0 Å². The zero-order valence-corrected chi connectivity index (χ0v) is 18.4. The van der Waals surface area contributed by atoms with E-state index in [-0.39, 0.29) is 10.5 Å². The number of nitrogens with zero attached hydrogens (tertiary/aromatic N) is 1. The molecule has 0 atom stereocenters. The van der Waals surface area contributed by atoms with E-state index in [1.54, 1.807) is 41.6 Å². The maximum absolute atomic E-state index is 13.2. The second kappa shape index (κ2) is 9.49. The van der Waals surface area contributed by atoms with Crippen molar-refractivity contribution < 1.29 is 22.7 Å². The van der Waals surface area contributed by atoms with E-state index in [4.69, 9.17) is 9.47 Å². The van der Waals surface area contributed by atoms with Crippen molar-refractivity contribution in [3.8, 4) is 11.5 Å². The minimum Gasteiger partial charge on any atom is -0.493 e. The Balaban J connectivity index is 1.86. The molecule has 1 heterocycles. The normalized spacial score (nSPS) is 15.3. The number of carbonyl (C=O) groups excluding carboxylic acids is 1. The van der Waals surface area contributed by atoms with Crippen LogP contribution in [0.2, 0.25) is 0 Å². The van der Waals surface area contributed by atoms with Gasteiger partial charge in [0.1, 0.15) is 0 Å². The average molecular weight is 433 g/mol. The van der Waals surface area contributed by atoms with Crippen molar-refractivity contribution in [1.29, 1.82) is 0 Å². The van der Waals surface area contributed by atoms with E-state index >= 15 is 0 Å². The lowest BCUT2D eigenvalue weighted by Gasteiger charge is -2.21. The van der Waals surface area contributed by atoms with Crippen LogP contribution in [0.15, 0.2) is 41.3 Å². The van der Waals surface area contributed by atoms with Gasteiger partial charge < -0.3 is 14.8 Å². The predicted molar refractivity (Wildman–Crippen MR) is 116 cm³/mol. The molecule has 3 rings (SSSR count). The van der Waals surface area contributed by atoms with Crippen LogP contribution in [0.4, 0.5) is 5.69 Å². The van der Waals surface area contributed by atoms with Gasteiger partial charge >= 0.3 is 0 Å². The number of carbonyl (C=O) groups is 1. The standard InChI is InChI=1S/C22H28N2O5S/c1-16-8-9-17(14-21(16)30(26,27)24-12-6-4-5-7-13-24)22(25)23-18-10-11-19(28-2)20(15-18)29-3/h8-11,14-15H,4-7,12-13H2,1-3H3,(H,23,25). The first-order chi connectivity index (χ1) is 14.4. The van der Waals surface area contributed by atoms with Gasteiger partial charge in [0.05, 0.1) is 19.1 Å². The first-order valence-electron chi connectivity index (χ1n) is 10.0. The van der Waals surface area contributed by atoms with E-state index in [1.807, 2.05) is 0 Å². The third kappa shape index (κ3) is 4.76. The van der Waals surface area contributed by atoms with Gasteiger partial charge in [-0.3, -0.25) is 4.79 Å². The van der Waals surface area contributed by atoms with Crippen LogP contribution in [0.3, 0.4) is 0 Å². The van der Waals surface area contributed by atoms with Crippen molar-refractivity contribution in [2.45, 2.75) is 37.5 Å². The van der Waals surface area contributed by atoms with Gasteiger partial charge in [0, 0.05) is 30.4 Å². The molecule has 30 heavy (non-hydrogen) atoms. The Kier molecular flexibility index (Phi) is 6.99. The number of nitrogens with one attached hydrogen (secondary N) is 1. The van der Waals surface area contributed by atoms with Crippen molar-refractivity contribution >= 4 is 21.6 Å². The quantitative estimate of drug-likeness (QED) is 0.750. The van der Waals surface area contributed by atoms with Crippen molar-refractivity contribution in [1.82, 2.24) is 4.31 Å². The van der Waals surface area contributed by atoms with Crippen LogP contribution in [0, 0.1) is 6.92 Å². The summed E-state index contributed by atoms with van der Waals surface area (Å²) >= 11 is 0. The fourth-order valence-electron chi connectivity index (χ4n) is 3.56. The number of sulfonamides is 1. The Labute approximate surface area is 178 Å². The minimum atomic E-state index is -3.65. The molecule has 1 saturated heterocycles. The van der Waals surface area contributed by atoms with Crippen LogP contribution in [0.25, 0.3) is 0 Å². The third-order valence-corrected chi connectivity index (χ3v) is 7.32. The summed E-state index contributed by atoms with van der Waals surface area (Å²) in [6.45, 7) is 2.79. The van der Waals surface area contributed by atoms with Gasteiger partial charge in [-0.2, -0.15) is 4.31 Å². The number of rotatable bonds is 6. The molecular formula is C22H28N2O5S. The van der Waals surface area contributed by atoms with Gasteiger partial charge in [-0.05, 0) is 49.6 Å². The van der Waals surface area contributed by atoms with Crippen molar-refractivity contribution in [3.63, 3.8) is 0 Å². The summed E-state index contributed by atoms with van der Waals surface area (Å²) in [5.41, 5.74) is 1.43. The smallest absolute Gasteiger partial charge is 0.255 e. The largest absolute Gasteiger partial charge is 0.493 e. The van der Waals surface area contributed by atoms with E-state index < -0.39 is 15.9 Å². The number of aryl methyl sites for hydroxylation is 1.